The summed E-state index contributed by atoms with van der Waals surface area (Å²) in [5, 5.41) is 5.20. The van der Waals surface area contributed by atoms with E-state index < -0.39 is 0 Å². The highest BCUT2D eigenvalue weighted by Gasteiger charge is 2.00. The molecule has 0 aliphatic rings. The van der Waals surface area contributed by atoms with Crippen LogP contribution in [0.15, 0.2) is 24.3 Å². The predicted octanol–water partition coefficient (Wildman–Crippen LogP) is 2.73. The summed E-state index contributed by atoms with van der Waals surface area (Å²) < 4.78 is 0. The minimum Gasteiger partial charge on any atom is -0.310 e. The zero-order valence-corrected chi connectivity index (χ0v) is 9.60. The van der Waals surface area contributed by atoms with Crippen LogP contribution in [0.3, 0.4) is 0 Å². The Kier molecular flexibility index (Phi) is 4.77. The van der Waals surface area contributed by atoms with E-state index in [9.17, 15) is 0 Å². The van der Waals surface area contributed by atoms with Crippen LogP contribution >= 0.6 is 12.2 Å². The van der Waals surface area contributed by atoms with Gasteiger partial charge in [-0.25, -0.2) is 0 Å². The molecule has 1 nitrogen and oxygen atoms in total. The summed E-state index contributed by atoms with van der Waals surface area (Å²) in [5.41, 5.74) is 2.68. The van der Waals surface area contributed by atoms with Gasteiger partial charge in [-0.15, -0.1) is 0 Å². The van der Waals surface area contributed by atoms with Crippen LogP contribution in [0.4, 0.5) is 0 Å². The monoisotopic (exact) mass is 207 g/mol. The molecule has 2 heteroatoms. The van der Waals surface area contributed by atoms with Crippen molar-refractivity contribution in [1.82, 2.24) is 5.32 Å². The zero-order valence-electron chi connectivity index (χ0n) is 8.79. The molecule has 1 aromatic rings. The second-order valence-electron chi connectivity index (χ2n) is 3.68. The molecule has 0 radical (unpaired) electrons. The minimum atomic E-state index is 0.524. The highest BCUT2D eigenvalue weighted by molar-refractivity contribution is 7.78. The van der Waals surface area contributed by atoms with E-state index >= 15 is 0 Å². The first-order valence-corrected chi connectivity index (χ1v) is 5.45. The maximum Gasteiger partial charge on any atom is 0.0210 e. The van der Waals surface area contributed by atoms with Crippen LogP contribution in [0.1, 0.15) is 25.0 Å². The molecule has 0 heterocycles. The van der Waals surface area contributed by atoms with E-state index in [-0.39, 0.29) is 0 Å². The summed E-state index contributed by atoms with van der Waals surface area (Å²) in [4.78, 5) is 0. The maximum atomic E-state index is 4.88. The molecule has 0 unspecified atom stereocenters. The van der Waals surface area contributed by atoms with Crippen molar-refractivity contribution in [3.05, 3.63) is 35.4 Å². The van der Waals surface area contributed by atoms with Gasteiger partial charge >= 0.3 is 0 Å². The van der Waals surface area contributed by atoms with E-state index in [0.717, 1.165) is 13.0 Å². The summed E-state index contributed by atoms with van der Waals surface area (Å²) in [5.74, 6) is 0. The number of benzene rings is 1. The zero-order chi connectivity index (χ0) is 10.4. The average molecular weight is 207 g/mol. The molecule has 0 aliphatic heterocycles. The molecule has 1 aromatic carbocycles. The highest BCUT2D eigenvalue weighted by atomic mass is 32.1. The van der Waals surface area contributed by atoms with E-state index in [1.54, 1.807) is 5.37 Å². The molecule has 0 saturated heterocycles. The van der Waals surface area contributed by atoms with Gasteiger partial charge in [0, 0.05) is 19.0 Å². The largest absolute Gasteiger partial charge is 0.310 e. The summed E-state index contributed by atoms with van der Waals surface area (Å²) in [6, 6.07) is 8.96. The number of hydrogen-bond donors (Lipinski definition) is 1. The lowest BCUT2D eigenvalue weighted by Crippen LogP contribution is -2.22. The van der Waals surface area contributed by atoms with Crippen LogP contribution in [0, 0.1) is 0 Å². The van der Waals surface area contributed by atoms with Crippen LogP contribution in [-0.4, -0.2) is 11.4 Å². The third kappa shape index (κ3) is 3.56. The Morgan fingerprint density at radius 1 is 1.29 bits per heavy atom. The van der Waals surface area contributed by atoms with Crippen molar-refractivity contribution in [2.24, 2.45) is 0 Å². The Balaban J connectivity index is 2.68. The van der Waals surface area contributed by atoms with Crippen LogP contribution in [-0.2, 0) is 13.0 Å². The summed E-state index contributed by atoms with van der Waals surface area (Å²) in [6.45, 7) is 5.24. The van der Waals surface area contributed by atoms with Gasteiger partial charge in [-0.05, 0) is 16.5 Å². The van der Waals surface area contributed by atoms with E-state index in [2.05, 4.69) is 43.4 Å². The lowest BCUT2D eigenvalue weighted by molar-refractivity contribution is 0.587. The predicted molar refractivity (Wildman–Crippen MR) is 65.8 cm³/mol. The molecule has 14 heavy (non-hydrogen) atoms. The highest BCUT2D eigenvalue weighted by Crippen LogP contribution is 2.08. The Morgan fingerprint density at radius 2 is 1.93 bits per heavy atom. The SMILES string of the molecule is CC(C)NCc1ccccc1CC=S. The second-order valence-corrected chi connectivity index (χ2v) is 4.01. The van der Waals surface area contributed by atoms with Crippen molar-refractivity contribution in [2.45, 2.75) is 32.9 Å². The molecule has 0 fully saturated rings. The minimum absolute atomic E-state index is 0.524. The summed E-state index contributed by atoms with van der Waals surface area (Å²) >= 11 is 4.88. The molecule has 0 aliphatic carbocycles. The molecule has 0 saturated carbocycles. The average Bonchev–Trinajstić information content (AvgIpc) is 2.17. The van der Waals surface area contributed by atoms with Gasteiger partial charge in [0.05, 0.1) is 0 Å². The maximum absolute atomic E-state index is 4.88. The fourth-order valence-corrected chi connectivity index (χ4v) is 1.51. The molecule has 0 spiro atoms. The van der Waals surface area contributed by atoms with Gasteiger partial charge in [-0.2, -0.15) is 0 Å². The first kappa shape index (κ1) is 11.3. The topological polar surface area (TPSA) is 12.0 Å². The standard InChI is InChI=1S/C12H17NS/c1-10(2)13-9-12-6-4-3-5-11(12)7-8-14/h3-6,8,10,13H,7,9H2,1-2H3. The first-order valence-electron chi connectivity index (χ1n) is 4.98. The van der Waals surface area contributed by atoms with Crippen molar-refractivity contribution >= 4 is 17.6 Å². The lowest BCUT2D eigenvalue weighted by Gasteiger charge is -2.11. The van der Waals surface area contributed by atoms with Crippen LogP contribution in [0.25, 0.3) is 0 Å². The van der Waals surface area contributed by atoms with Gasteiger partial charge in [0.25, 0.3) is 0 Å². The number of nitrogens with one attached hydrogen (secondary N) is 1. The van der Waals surface area contributed by atoms with Gasteiger partial charge in [0.15, 0.2) is 0 Å². The van der Waals surface area contributed by atoms with Gasteiger partial charge in [-0.1, -0.05) is 50.3 Å². The normalized spacial score (nSPS) is 10.5. The third-order valence-corrected chi connectivity index (χ3v) is 2.29. The van der Waals surface area contributed by atoms with E-state index in [4.69, 9.17) is 12.2 Å². The van der Waals surface area contributed by atoms with Crippen molar-refractivity contribution in [2.75, 3.05) is 0 Å². The number of hydrogen-bond acceptors (Lipinski definition) is 2. The molecule has 1 N–H and O–H groups in total. The lowest BCUT2D eigenvalue weighted by atomic mass is 10.1. The Hall–Kier alpha value is -0.730. The Morgan fingerprint density at radius 3 is 2.50 bits per heavy atom. The quantitative estimate of drug-likeness (QED) is 0.745. The van der Waals surface area contributed by atoms with Crippen LogP contribution in [0.5, 0.6) is 0 Å². The Bertz CT molecular complexity index is 294. The number of thiocarbonyl (C=S) groups is 1. The molecule has 1 rings (SSSR count). The van der Waals surface area contributed by atoms with Crippen LogP contribution < -0.4 is 5.32 Å². The van der Waals surface area contributed by atoms with Gasteiger partial charge in [0.2, 0.25) is 0 Å². The van der Waals surface area contributed by atoms with Crippen molar-refractivity contribution < 1.29 is 0 Å². The van der Waals surface area contributed by atoms with Gasteiger partial charge < -0.3 is 5.32 Å². The fourth-order valence-electron chi connectivity index (χ4n) is 1.33. The molecular formula is C12H17NS. The van der Waals surface area contributed by atoms with Crippen molar-refractivity contribution in [3.8, 4) is 0 Å². The van der Waals surface area contributed by atoms with E-state index in [1.165, 1.54) is 11.1 Å². The Labute approximate surface area is 91.5 Å². The number of rotatable bonds is 5. The third-order valence-electron chi connectivity index (χ3n) is 2.12. The van der Waals surface area contributed by atoms with Crippen LogP contribution in [0.2, 0.25) is 0 Å². The molecular weight excluding hydrogens is 190 g/mol. The van der Waals surface area contributed by atoms with E-state index in [1.807, 2.05) is 0 Å². The van der Waals surface area contributed by atoms with Crippen molar-refractivity contribution in [1.29, 1.82) is 0 Å². The molecule has 0 atom stereocenters. The van der Waals surface area contributed by atoms with E-state index in [0.29, 0.717) is 6.04 Å². The first-order chi connectivity index (χ1) is 6.74. The summed E-state index contributed by atoms with van der Waals surface area (Å²) in [6.07, 6.45) is 0.880. The van der Waals surface area contributed by atoms with Gasteiger partial charge in [0.1, 0.15) is 0 Å². The van der Waals surface area contributed by atoms with Gasteiger partial charge in [-0.3, -0.25) is 0 Å². The fraction of sp³-hybridized carbons (Fsp3) is 0.417. The summed E-state index contributed by atoms with van der Waals surface area (Å²) in [7, 11) is 0. The molecule has 0 amide bonds. The molecule has 0 aromatic heterocycles. The van der Waals surface area contributed by atoms with Crippen molar-refractivity contribution in [3.63, 3.8) is 0 Å². The molecule has 76 valence electrons. The smallest absolute Gasteiger partial charge is 0.0210 e. The molecule has 0 bridgehead atoms. The second kappa shape index (κ2) is 5.89.